The summed E-state index contributed by atoms with van der Waals surface area (Å²) in [6.45, 7) is 11.3. The molecule has 0 spiro atoms. The standard InChI is InChI=1S/C12H22N4O2/c1-6-7-15-11(13-8-12(3,4)5)10(16(17)18)9(2)14-15/h13H,6-8H2,1-5H3. The highest BCUT2D eigenvalue weighted by molar-refractivity contribution is 5.59. The Hall–Kier alpha value is -1.59. The van der Waals surface area contributed by atoms with Crippen LogP contribution in [0.5, 0.6) is 0 Å². The van der Waals surface area contributed by atoms with Crippen molar-refractivity contribution in [2.24, 2.45) is 5.41 Å². The molecule has 18 heavy (non-hydrogen) atoms. The molecular weight excluding hydrogens is 232 g/mol. The van der Waals surface area contributed by atoms with Gasteiger partial charge in [-0.2, -0.15) is 5.10 Å². The van der Waals surface area contributed by atoms with Gasteiger partial charge in [0, 0.05) is 13.1 Å². The molecule has 1 rings (SSSR count). The number of anilines is 1. The number of hydrogen-bond acceptors (Lipinski definition) is 4. The minimum atomic E-state index is -0.362. The largest absolute Gasteiger partial charge is 0.364 e. The first kappa shape index (κ1) is 14.5. The molecule has 0 atom stereocenters. The Kier molecular flexibility index (Phi) is 4.32. The van der Waals surface area contributed by atoms with Crippen LogP contribution in [0.4, 0.5) is 11.5 Å². The molecule has 0 saturated heterocycles. The highest BCUT2D eigenvalue weighted by Crippen LogP contribution is 2.29. The number of nitrogens with one attached hydrogen (secondary N) is 1. The van der Waals surface area contributed by atoms with E-state index in [0.29, 0.717) is 24.6 Å². The van der Waals surface area contributed by atoms with Crippen LogP contribution in [-0.2, 0) is 6.54 Å². The van der Waals surface area contributed by atoms with Gasteiger partial charge < -0.3 is 5.32 Å². The van der Waals surface area contributed by atoms with E-state index in [1.807, 2.05) is 6.92 Å². The number of aryl methyl sites for hydroxylation is 2. The van der Waals surface area contributed by atoms with Crippen molar-refractivity contribution in [3.05, 3.63) is 15.8 Å². The van der Waals surface area contributed by atoms with E-state index in [1.54, 1.807) is 11.6 Å². The summed E-state index contributed by atoms with van der Waals surface area (Å²) in [5, 5.41) is 18.5. The second kappa shape index (κ2) is 5.37. The number of aromatic nitrogens is 2. The molecule has 0 amide bonds. The summed E-state index contributed by atoms with van der Waals surface area (Å²) in [5.41, 5.74) is 0.612. The minimum Gasteiger partial charge on any atom is -0.364 e. The second-order valence-electron chi connectivity index (χ2n) is 5.68. The number of nitro groups is 1. The van der Waals surface area contributed by atoms with Crippen LogP contribution in [0, 0.1) is 22.5 Å². The Labute approximate surface area is 108 Å². The van der Waals surface area contributed by atoms with Crippen LogP contribution in [0.1, 0.15) is 39.8 Å². The minimum absolute atomic E-state index is 0.0586. The predicted molar refractivity (Wildman–Crippen MR) is 71.9 cm³/mol. The summed E-state index contributed by atoms with van der Waals surface area (Å²) < 4.78 is 1.69. The Morgan fingerprint density at radius 3 is 2.50 bits per heavy atom. The molecular formula is C12H22N4O2. The van der Waals surface area contributed by atoms with Crippen LogP contribution in [0.3, 0.4) is 0 Å². The first-order chi connectivity index (χ1) is 8.26. The first-order valence-corrected chi connectivity index (χ1v) is 6.22. The van der Waals surface area contributed by atoms with Crippen molar-refractivity contribution in [1.82, 2.24) is 9.78 Å². The van der Waals surface area contributed by atoms with Crippen LogP contribution >= 0.6 is 0 Å². The molecule has 0 bridgehead atoms. The summed E-state index contributed by atoms with van der Waals surface area (Å²) in [6.07, 6.45) is 0.891. The van der Waals surface area contributed by atoms with E-state index in [4.69, 9.17) is 0 Å². The highest BCUT2D eigenvalue weighted by Gasteiger charge is 2.25. The third-order valence-electron chi connectivity index (χ3n) is 2.50. The van der Waals surface area contributed by atoms with Gasteiger partial charge in [0.2, 0.25) is 5.82 Å². The fourth-order valence-electron chi connectivity index (χ4n) is 1.69. The van der Waals surface area contributed by atoms with Gasteiger partial charge >= 0.3 is 5.69 Å². The quantitative estimate of drug-likeness (QED) is 0.647. The van der Waals surface area contributed by atoms with Crippen molar-refractivity contribution in [2.75, 3.05) is 11.9 Å². The molecule has 0 aliphatic carbocycles. The average molecular weight is 254 g/mol. The number of hydrogen-bond donors (Lipinski definition) is 1. The van der Waals surface area contributed by atoms with Crippen molar-refractivity contribution >= 4 is 11.5 Å². The fraction of sp³-hybridized carbons (Fsp3) is 0.750. The number of rotatable bonds is 5. The van der Waals surface area contributed by atoms with E-state index in [0.717, 1.165) is 6.42 Å². The van der Waals surface area contributed by atoms with Gasteiger partial charge in [-0.25, -0.2) is 4.68 Å². The predicted octanol–water partition coefficient (Wildman–Crippen LogP) is 2.97. The van der Waals surface area contributed by atoms with Crippen molar-refractivity contribution in [1.29, 1.82) is 0 Å². The van der Waals surface area contributed by atoms with E-state index in [1.165, 1.54) is 0 Å². The molecule has 6 nitrogen and oxygen atoms in total. The SMILES string of the molecule is CCCn1nc(C)c([N+](=O)[O-])c1NCC(C)(C)C. The van der Waals surface area contributed by atoms with Gasteiger partial charge in [0.1, 0.15) is 5.69 Å². The molecule has 1 N–H and O–H groups in total. The van der Waals surface area contributed by atoms with Crippen LogP contribution in [0.15, 0.2) is 0 Å². The molecule has 1 aromatic rings. The normalized spacial score (nSPS) is 11.6. The second-order valence-corrected chi connectivity index (χ2v) is 5.68. The zero-order valence-electron chi connectivity index (χ0n) is 11.8. The van der Waals surface area contributed by atoms with Crippen LogP contribution in [0.2, 0.25) is 0 Å². The van der Waals surface area contributed by atoms with Crippen molar-refractivity contribution in [3.63, 3.8) is 0 Å². The maximum Gasteiger partial charge on any atom is 0.333 e. The van der Waals surface area contributed by atoms with Crippen LogP contribution < -0.4 is 5.32 Å². The van der Waals surface area contributed by atoms with Crippen LogP contribution in [-0.4, -0.2) is 21.2 Å². The van der Waals surface area contributed by atoms with E-state index in [-0.39, 0.29) is 16.0 Å². The molecule has 0 aliphatic rings. The molecule has 0 aromatic carbocycles. The average Bonchev–Trinajstić information content (AvgIpc) is 2.51. The summed E-state index contributed by atoms with van der Waals surface area (Å²) in [6, 6.07) is 0. The van der Waals surface area contributed by atoms with E-state index >= 15 is 0 Å². The molecule has 0 radical (unpaired) electrons. The topological polar surface area (TPSA) is 73.0 Å². The monoisotopic (exact) mass is 254 g/mol. The van der Waals surface area contributed by atoms with Crippen LogP contribution in [0.25, 0.3) is 0 Å². The molecule has 0 unspecified atom stereocenters. The van der Waals surface area contributed by atoms with Crippen molar-refractivity contribution in [3.8, 4) is 0 Å². The summed E-state index contributed by atoms with van der Waals surface area (Å²) in [4.78, 5) is 10.7. The van der Waals surface area contributed by atoms with E-state index in [2.05, 4.69) is 31.2 Å². The summed E-state index contributed by atoms with van der Waals surface area (Å²) >= 11 is 0. The zero-order chi connectivity index (χ0) is 13.9. The fourth-order valence-corrected chi connectivity index (χ4v) is 1.69. The molecule has 0 saturated carbocycles. The molecule has 0 aliphatic heterocycles. The third-order valence-corrected chi connectivity index (χ3v) is 2.50. The van der Waals surface area contributed by atoms with Gasteiger partial charge in [0.25, 0.3) is 0 Å². The van der Waals surface area contributed by atoms with Gasteiger partial charge in [0.15, 0.2) is 0 Å². The third kappa shape index (κ3) is 3.45. The number of nitrogens with zero attached hydrogens (tertiary/aromatic N) is 3. The van der Waals surface area contributed by atoms with Crippen molar-refractivity contribution < 1.29 is 4.92 Å². The van der Waals surface area contributed by atoms with Crippen molar-refractivity contribution in [2.45, 2.75) is 47.6 Å². The zero-order valence-corrected chi connectivity index (χ0v) is 11.8. The van der Waals surface area contributed by atoms with E-state index in [9.17, 15) is 10.1 Å². The lowest BCUT2D eigenvalue weighted by Gasteiger charge is -2.19. The Morgan fingerprint density at radius 1 is 1.44 bits per heavy atom. The Bertz CT molecular complexity index is 432. The first-order valence-electron chi connectivity index (χ1n) is 6.22. The van der Waals surface area contributed by atoms with Gasteiger partial charge in [-0.3, -0.25) is 10.1 Å². The van der Waals surface area contributed by atoms with E-state index < -0.39 is 0 Å². The summed E-state index contributed by atoms with van der Waals surface area (Å²) in [7, 11) is 0. The molecule has 6 heteroatoms. The molecule has 102 valence electrons. The molecule has 0 fully saturated rings. The summed E-state index contributed by atoms with van der Waals surface area (Å²) in [5.74, 6) is 0.522. The smallest absolute Gasteiger partial charge is 0.333 e. The lowest BCUT2D eigenvalue weighted by atomic mass is 9.97. The molecule has 1 heterocycles. The Balaban J connectivity index is 3.07. The molecule has 1 aromatic heterocycles. The lowest BCUT2D eigenvalue weighted by Crippen LogP contribution is -2.21. The highest BCUT2D eigenvalue weighted by atomic mass is 16.6. The van der Waals surface area contributed by atoms with Gasteiger partial charge in [-0.1, -0.05) is 27.7 Å². The van der Waals surface area contributed by atoms with Gasteiger partial charge in [0.05, 0.1) is 4.92 Å². The Morgan fingerprint density at radius 2 is 2.06 bits per heavy atom. The van der Waals surface area contributed by atoms with Gasteiger partial charge in [-0.15, -0.1) is 0 Å². The maximum atomic E-state index is 11.1. The maximum absolute atomic E-state index is 11.1. The van der Waals surface area contributed by atoms with Gasteiger partial charge in [-0.05, 0) is 18.8 Å². The lowest BCUT2D eigenvalue weighted by molar-refractivity contribution is -0.384.